The van der Waals surface area contributed by atoms with Gasteiger partial charge >= 0.3 is 0 Å². The van der Waals surface area contributed by atoms with Crippen LogP contribution in [0.3, 0.4) is 0 Å². The number of carbonyl (C=O) groups excluding carboxylic acids is 1. The first kappa shape index (κ1) is 20.9. The van der Waals surface area contributed by atoms with Crippen LogP contribution in [0.15, 0.2) is 36.7 Å². The van der Waals surface area contributed by atoms with Crippen LogP contribution < -0.4 is 21.3 Å². The Labute approximate surface area is 197 Å². The second-order valence-corrected chi connectivity index (χ2v) is 9.57. The molecule has 3 aromatic rings. The molecule has 0 bridgehead atoms. The molecule has 34 heavy (non-hydrogen) atoms. The molecule has 5 N–H and O–H groups in total. The zero-order valence-corrected chi connectivity index (χ0v) is 18.9. The number of aromatic nitrogens is 4. The number of amides is 1. The Hall–Kier alpha value is -3.66. The highest BCUT2D eigenvalue weighted by atomic mass is 16.3. The monoisotopic (exact) mass is 460 g/mol. The minimum absolute atomic E-state index is 0.0152. The Morgan fingerprint density at radius 2 is 1.97 bits per heavy atom. The maximum atomic E-state index is 13.2. The molecule has 10 heteroatoms. The third-order valence-electron chi connectivity index (χ3n) is 7.71. The van der Waals surface area contributed by atoms with E-state index < -0.39 is 0 Å². The van der Waals surface area contributed by atoms with Crippen molar-refractivity contribution in [2.45, 2.75) is 38.3 Å². The van der Waals surface area contributed by atoms with E-state index in [4.69, 9.17) is 11.5 Å². The lowest BCUT2D eigenvalue weighted by atomic mass is 9.73. The minimum atomic E-state index is -0.256. The van der Waals surface area contributed by atoms with Crippen LogP contribution in [0, 0.1) is 5.41 Å². The van der Waals surface area contributed by atoms with Crippen LogP contribution in [0.5, 0.6) is 5.75 Å². The lowest BCUT2D eigenvalue weighted by Crippen LogP contribution is -2.44. The number of carbonyl (C=O) groups is 1. The molecule has 1 aromatic carbocycles. The summed E-state index contributed by atoms with van der Waals surface area (Å²) < 4.78 is 1.82. The molecule has 10 nitrogen and oxygen atoms in total. The van der Waals surface area contributed by atoms with Gasteiger partial charge in [0.1, 0.15) is 17.4 Å². The van der Waals surface area contributed by atoms with Gasteiger partial charge in [-0.25, -0.2) is 14.6 Å². The fourth-order valence-electron chi connectivity index (χ4n) is 5.79. The molecule has 2 aromatic heterocycles. The van der Waals surface area contributed by atoms with Crippen LogP contribution in [-0.4, -0.2) is 50.4 Å². The third kappa shape index (κ3) is 3.20. The number of fused-ring (bicyclic) bond motifs is 2. The number of nitrogen functional groups attached to an aromatic ring is 1. The van der Waals surface area contributed by atoms with E-state index in [1.807, 2.05) is 16.8 Å². The molecular weight excluding hydrogens is 432 g/mol. The number of anilines is 3. The highest BCUT2D eigenvalue weighted by Gasteiger charge is 2.46. The number of hydrogen-bond acceptors (Lipinski definition) is 8. The number of benzene rings is 1. The lowest BCUT2D eigenvalue weighted by Gasteiger charge is -2.42. The normalized spacial score (nSPS) is 20.9. The van der Waals surface area contributed by atoms with Crippen LogP contribution >= 0.6 is 0 Å². The van der Waals surface area contributed by atoms with Gasteiger partial charge in [0, 0.05) is 38.3 Å². The molecule has 1 saturated heterocycles. The van der Waals surface area contributed by atoms with Crippen LogP contribution in [0.2, 0.25) is 0 Å². The predicted octanol–water partition coefficient (Wildman–Crippen LogP) is 1.85. The number of phenolic OH excluding ortho intramolecular Hbond substituents is 1. The third-order valence-corrected chi connectivity index (χ3v) is 7.71. The molecule has 176 valence electrons. The smallest absolute Gasteiger partial charge is 0.281 e. The van der Waals surface area contributed by atoms with E-state index in [0.717, 1.165) is 56.7 Å². The van der Waals surface area contributed by atoms with E-state index >= 15 is 0 Å². The summed E-state index contributed by atoms with van der Waals surface area (Å²) in [5, 5.41) is 14.1. The fourth-order valence-corrected chi connectivity index (χ4v) is 5.79. The van der Waals surface area contributed by atoms with Crippen molar-refractivity contribution in [1.82, 2.24) is 19.7 Å². The van der Waals surface area contributed by atoms with Crippen molar-refractivity contribution >= 4 is 23.4 Å². The van der Waals surface area contributed by atoms with E-state index in [1.165, 1.54) is 5.56 Å². The number of aromatic hydroxyl groups is 1. The SMILES string of the molecule is Nc1nc(N2CCC3(CC2)Cc2ccc(O)cc2C3N)cnc1C(=O)N1CCCn2nccc21. The van der Waals surface area contributed by atoms with Gasteiger partial charge in [0.2, 0.25) is 0 Å². The first-order valence-electron chi connectivity index (χ1n) is 11.7. The summed E-state index contributed by atoms with van der Waals surface area (Å²) in [6.45, 7) is 2.95. The van der Waals surface area contributed by atoms with Gasteiger partial charge in [0.05, 0.1) is 12.4 Å². The van der Waals surface area contributed by atoms with E-state index in [1.54, 1.807) is 29.4 Å². The lowest BCUT2D eigenvalue weighted by molar-refractivity contribution is 0.0977. The Balaban J connectivity index is 1.17. The number of aryl methyl sites for hydroxylation is 1. The largest absolute Gasteiger partial charge is 0.508 e. The predicted molar refractivity (Wildman–Crippen MR) is 128 cm³/mol. The van der Waals surface area contributed by atoms with Gasteiger partial charge in [0.25, 0.3) is 5.91 Å². The van der Waals surface area contributed by atoms with E-state index in [-0.39, 0.29) is 34.6 Å². The molecule has 1 fully saturated rings. The standard InChI is InChI=1S/C24H28N8O2/c25-21-17-12-16(33)3-2-15(17)13-24(21)5-10-30(11-6-24)18-14-27-20(22(26)29-18)23(34)31-8-1-9-32-19(31)4-7-28-32/h2-4,7,12,14,21,33H,1,5-6,8-11,13,25H2,(H2,26,29). The average Bonchev–Trinajstić information content (AvgIpc) is 3.43. The van der Waals surface area contributed by atoms with Gasteiger partial charge in [-0.05, 0) is 54.4 Å². The molecule has 2 aliphatic heterocycles. The van der Waals surface area contributed by atoms with Crippen molar-refractivity contribution in [3.8, 4) is 5.75 Å². The molecule has 4 heterocycles. The number of nitrogens with two attached hydrogens (primary N) is 2. The van der Waals surface area contributed by atoms with Gasteiger partial charge in [-0.15, -0.1) is 0 Å². The maximum absolute atomic E-state index is 13.2. The van der Waals surface area contributed by atoms with Crippen molar-refractivity contribution in [3.05, 3.63) is 53.5 Å². The van der Waals surface area contributed by atoms with Crippen molar-refractivity contribution < 1.29 is 9.90 Å². The van der Waals surface area contributed by atoms with E-state index in [2.05, 4.69) is 20.0 Å². The van der Waals surface area contributed by atoms with Gasteiger partial charge < -0.3 is 21.5 Å². The Morgan fingerprint density at radius 3 is 2.76 bits per heavy atom. The van der Waals surface area contributed by atoms with Gasteiger partial charge in [-0.1, -0.05) is 6.07 Å². The highest BCUT2D eigenvalue weighted by Crippen LogP contribution is 2.51. The second-order valence-electron chi connectivity index (χ2n) is 9.57. The fraction of sp³-hybridized carbons (Fsp3) is 0.417. The molecule has 1 aliphatic carbocycles. The number of rotatable bonds is 2. The Kier molecular flexibility index (Phi) is 4.73. The highest BCUT2D eigenvalue weighted by molar-refractivity contribution is 6.07. The molecule has 1 spiro atoms. The van der Waals surface area contributed by atoms with E-state index in [0.29, 0.717) is 12.4 Å². The summed E-state index contributed by atoms with van der Waals surface area (Å²) in [6.07, 6.45) is 6.90. The number of nitrogens with zero attached hydrogens (tertiary/aromatic N) is 6. The zero-order valence-electron chi connectivity index (χ0n) is 18.9. The Morgan fingerprint density at radius 1 is 1.15 bits per heavy atom. The number of phenols is 1. The van der Waals surface area contributed by atoms with Crippen LogP contribution in [0.4, 0.5) is 17.5 Å². The summed E-state index contributed by atoms with van der Waals surface area (Å²) in [7, 11) is 0. The summed E-state index contributed by atoms with van der Waals surface area (Å²) in [5.74, 6) is 1.57. The molecule has 1 atom stereocenters. The summed E-state index contributed by atoms with van der Waals surface area (Å²) in [6, 6.07) is 7.26. The van der Waals surface area contributed by atoms with Gasteiger partial charge in [0.15, 0.2) is 11.5 Å². The van der Waals surface area contributed by atoms with Crippen LogP contribution in [-0.2, 0) is 13.0 Å². The Bertz CT molecular complexity index is 1260. The van der Waals surface area contributed by atoms with Gasteiger partial charge in [-0.2, -0.15) is 5.10 Å². The van der Waals surface area contributed by atoms with Crippen molar-refractivity contribution in [2.75, 3.05) is 35.2 Å². The second kappa shape index (κ2) is 7.69. The summed E-state index contributed by atoms with van der Waals surface area (Å²) in [5.41, 5.74) is 15.3. The molecular formula is C24H28N8O2. The molecule has 3 aliphatic rings. The van der Waals surface area contributed by atoms with Crippen molar-refractivity contribution in [2.24, 2.45) is 11.1 Å². The molecule has 6 rings (SSSR count). The van der Waals surface area contributed by atoms with Gasteiger partial charge in [-0.3, -0.25) is 9.69 Å². The molecule has 1 amide bonds. The minimum Gasteiger partial charge on any atom is -0.508 e. The first-order valence-corrected chi connectivity index (χ1v) is 11.7. The topological polar surface area (TPSA) is 139 Å². The van der Waals surface area contributed by atoms with Crippen LogP contribution in [0.25, 0.3) is 0 Å². The van der Waals surface area contributed by atoms with Crippen molar-refractivity contribution in [3.63, 3.8) is 0 Å². The maximum Gasteiger partial charge on any atom is 0.281 e. The van der Waals surface area contributed by atoms with Crippen molar-refractivity contribution in [1.29, 1.82) is 0 Å². The quantitative estimate of drug-likeness (QED) is 0.526. The molecule has 0 saturated carbocycles. The summed E-state index contributed by atoms with van der Waals surface area (Å²) >= 11 is 0. The number of hydrogen-bond donors (Lipinski definition) is 3. The molecule has 0 radical (unpaired) electrons. The zero-order chi connectivity index (χ0) is 23.4. The number of piperidine rings is 1. The average molecular weight is 461 g/mol. The van der Waals surface area contributed by atoms with Crippen LogP contribution in [0.1, 0.15) is 46.9 Å². The molecule has 1 unspecified atom stereocenters. The summed E-state index contributed by atoms with van der Waals surface area (Å²) in [4.78, 5) is 26.0. The van der Waals surface area contributed by atoms with E-state index in [9.17, 15) is 9.90 Å². The first-order chi connectivity index (χ1) is 16.4.